The van der Waals surface area contributed by atoms with Crippen LogP contribution in [-0.2, 0) is 19.1 Å². The van der Waals surface area contributed by atoms with Crippen molar-refractivity contribution in [1.29, 1.82) is 0 Å². The number of hydrogen-bond acceptors (Lipinski definition) is 10. The maximum Gasteiger partial charge on any atom is 0.330 e. The minimum absolute atomic E-state index is 0.0196. The van der Waals surface area contributed by atoms with Crippen molar-refractivity contribution in [2.75, 3.05) is 26.0 Å². The highest BCUT2D eigenvalue weighted by atomic mass is 32.1. The highest BCUT2D eigenvalue weighted by molar-refractivity contribution is 7.14. The van der Waals surface area contributed by atoms with E-state index in [1.165, 1.54) is 11.3 Å². The van der Waals surface area contributed by atoms with Crippen LogP contribution in [0.3, 0.4) is 0 Å². The summed E-state index contributed by atoms with van der Waals surface area (Å²) in [6, 6.07) is 6.48. The molecule has 5 unspecified atom stereocenters. The van der Waals surface area contributed by atoms with Crippen molar-refractivity contribution >= 4 is 45.2 Å². The average molecular weight is 704 g/mol. The first-order chi connectivity index (χ1) is 24.3. The second-order valence-electron chi connectivity index (χ2n) is 13.8. The van der Waals surface area contributed by atoms with Crippen LogP contribution in [0.2, 0.25) is 0 Å². The third kappa shape index (κ3) is 7.02. The van der Waals surface area contributed by atoms with E-state index < -0.39 is 35.7 Å². The Morgan fingerprint density at radius 1 is 1.06 bits per heavy atom. The van der Waals surface area contributed by atoms with Crippen LogP contribution in [0.5, 0.6) is 11.5 Å². The van der Waals surface area contributed by atoms with Crippen LogP contribution in [0, 0.1) is 5.92 Å². The zero-order chi connectivity index (χ0) is 34.8. The van der Waals surface area contributed by atoms with E-state index in [1.807, 2.05) is 48.8 Å². The zero-order valence-corrected chi connectivity index (χ0v) is 29.4. The fraction of sp³-hybridized carbons (Fsp3) is 0.541. The Bertz CT molecular complexity index is 1770. The summed E-state index contributed by atoms with van der Waals surface area (Å²) in [5.41, 5.74) is 0.567. The van der Waals surface area contributed by atoms with Crippen molar-refractivity contribution < 1.29 is 33.7 Å². The lowest BCUT2D eigenvalue weighted by Crippen LogP contribution is -2.54. The summed E-state index contributed by atoms with van der Waals surface area (Å²) in [7, 11) is 3.41. The molecule has 2 aliphatic heterocycles. The summed E-state index contributed by atoms with van der Waals surface area (Å²) in [4.78, 5) is 52.1. The Labute approximate surface area is 295 Å². The van der Waals surface area contributed by atoms with Gasteiger partial charge in [0.2, 0.25) is 5.91 Å². The third-order valence-electron chi connectivity index (χ3n) is 10.5. The number of nitrogens with one attached hydrogen (secondary N) is 2. The Kier molecular flexibility index (Phi) is 9.96. The predicted molar refractivity (Wildman–Crippen MR) is 189 cm³/mol. The standard InChI is InChI=1S/C37H45N5O7S/c1-38-36-40-29(21-50-36)28-18-32(26-15-14-24(47-2)16-27(26)39-28)49-25-17-30-33(43)41-37(35(45)46)19-22(37)10-6-4-3-5-7-13-31(34(44)42(30)20-25)48-23-11-8-9-12-23/h6,10,14-16,18,21-23,25,30-31H,3-5,7-9,11-13,17,19-20H2,1-2H3,(H,38,40)(H,41,43)(H,45,46)/b10-6+. The molecule has 4 heterocycles. The highest BCUT2D eigenvalue weighted by Crippen LogP contribution is 2.45. The molecule has 2 aromatic heterocycles. The second kappa shape index (κ2) is 14.6. The van der Waals surface area contributed by atoms with Gasteiger partial charge in [-0.3, -0.25) is 9.59 Å². The summed E-state index contributed by atoms with van der Waals surface area (Å²) >= 11 is 1.47. The fourth-order valence-electron chi connectivity index (χ4n) is 7.58. The Hall–Kier alpha value is -4.23. The van der Waals surface area contributed by atoms with Gasteiger partial charge in [-0.15, -0.1) is 11.3 Å². The number of hydrogen-bond donors (Lipinski definition) is 3. The first-order valence-electron chi connectivity index (χ1n) is 17.7. The molecule has 2 aliphatic carbocycles. The molecule has 0 bridgehead atoms. The Balaban J connectivity index is 1.21. The molecule has 12 nitrogen and oxygen atoms in total. The average Bonchev–Trinajstić information content (AvgIpc) is 3.57. The number of amides is 2. The molecule has 1 saturated heterocycles. The van der Waals surface area contributed by atoms with Gasteiger partial charge in [0.25, 0.3) is 5.91 Å². The minimum Gasteiger partial charge on any atom is -0.497 e. The third-order valence-corrected chi connectivity index (χ3v) is 11.3. The monoisotopic (exact) mass is 703 g/mol. The maximum absolute atomic E-state index is 14.5. The van der Waals surface area contributed by atoms with Gasteiger partial charge in [-0.1, -0.05) is 37.8 Å². The number of methoxy groups -OCH3 is 1. The topological polar surface area (TPSA) is 152 Å². The van der Waals surface area contributed by atoms with Crippen LogP contribution in [0.4, 0.5) is 5.13 Å². The first-order valence-corrected chi connectivity index (χ1v) is 18.6. The van der Waals surface area contributed by atoms with Crippen molar-refractivity contribution in [2.45, 2.75) is 101 Å². The van der Waals surface area contributed by atoms with Crippen LogP contribution in [-0.4, -0.2) is 88.4 Å². The fourth-order valence-corrected chi connectivity index (χ4v) is 8.25. The summed E-state index contributed by atoms with van der Waals surface area (Å²) in [6.45, 7) is 0.154. The molecule has 50 heavy (non-hydrogen) atoms. The molecular formula is C37H45N5O7S. The lowest BCUT2D eigenvalue weighted by molar-refractivity contribution is -0.153. The van der Waals surface area contributed by atoms with Crippen molar-refractivity contribution in [1.82, 2.24) is 20.2 Å². The molecular weight excluding hydrogens is 659 g/mol. The Morgan fingerprint density at radius 3 is 2.64 bits per heavy atom. The van der Waals surface area contributed by atoms with E-state index >= 15 is 0 Å². The number of carboxylic acid groups (broad SMARTS) is 1. The van der Waals surface area contributed by atoms with Gasteiger partial charge in [-0.2, -0.15) is 0 Å². The number of carbonyl (C=O) groups is 3. The molecule has 266 valence electrons. The number of aliphatic carboxylic acids is 1. The SMILES string of the molecule is CNc1nc(-c2cc(OC3CC4C(=O)NC5(C(=O)O)CC5/C=C/CCCCCC(OC5CCCC5)C(=O)N4C3)c3ccc(OC)cc3n2)cs1. The molecule has 3 aromatic rings. The number of nitrogens with zero attached hydrogens (tertiary/aromatic N) is 3. The molecule has 2 amide bonds. The van der Waals surface area contributed by atoms with Gasteiger partial charge >= 0.3 is 5.97 Å². The number of aromatic nitrogens is 2. The molecule has 0 radical (unpaired) electrons. The maximum atomic E-state index is 14.5. The normalized spacial score (nSPS) is 28.2. The molecule has 3 fully saturated rings. The van der Waals surface area contributed by atoms with Crippen molar-refractivity contribution in [2.24, 2.45) is 5.92 Å². The van der Waals surface area contributed by atoms with Gasteiger partial charge in [0.15, 0.2) is 5.13 Å². The van der Waals surface area contributed by atoms with Gasteiger partial charge < -0.3 is 34.9 Å². The van der Waals surface area contributed by atoms with E-state index in [1.54, 1.807) is 12.0 Å². The van der Waals surface area contributed by atoms with Crippen molar-refractivity contribution in [3.8, 4) is 22.9 Å². The minimum atomic E-state index is -1.38. The zero-order valence-electron chi connectivity index (χ0n) is 28.6. The molecule has 13 heteroatoms. The second-order valence-corrected chi connectivity index (χ2v) is 14.7. The molecule has 7 rings (SSSR count). The van der Waals surface area contributed by atoms with Gasteiger partial charge in [0.05, 0.1) is 31.0 Å². The number of carbonyl (C=O) groups excluding carboxylic acids is 2. The summed E-state index contributed by atoms with van der Waals surface area (Å²) < 4.78 is 18.7. The van der Waals surface area contributed by atoms with E-state index in [0.29, 0.717) is 41.2 Å². The number of anilines is 1. The highest BCUT2D eigenvalue weighted by Gasteiger charge is 2.61. The summed E-state index contributed by atoms with van der Waals surface area (Å²) in [5, 5.41) is 19.6. The van der Waals surface area contributed by atoms with E-state index in [4.69, 9.17) is 19.2 Å². The van der Waals surface area contributed by atoms with Crippen LogP contribution in [0.1, 0.15) is 70.6 Å². The smallest absolute Gasteiger partial charge is 0.330 e. The number of pyridine rings is 1. The summed E-state index contributed by atoms with van der Waals surface area (Å²) in [5.74, 6) is -0.890. The van der Waals surface area contributed by atoms with E-state index in [9.17, 15) is 19.5 Å². The Morgan fingerprint density at radius 2 is 1.88 bits per heavy atom. The molecule has 0 spiro atoms. The molecule has 1 aromatic carbocycles. The van der Waals surface area contributed by atoms with Crippen LogP contribution in [0.25, 0.3) is 22.3 Å². The lowest BCUT2D eigenvalue weighted by atomic mass is 10.1. The van der Waals surface area contributed by atoms with Crippen LogP contribution < -0.4 is 20.1 Å². The summed E-state index contributed by atoms with van der Waals surface area (Å²) in [6.07, 6.45) is 11.3. The van der Waals surface area contributed by atoms with E-state index in [0.717, 1.165) is 61.9 Å². The van der Waals surface area contributed by atoms with E-state index in [-0.39, 0.29) is 30.9 Å². The quantitative estimate of drug-likeness (QED) is 0.254. The number of fused-ring (bicyclic) bond motifs is 3. The van der Waals surface area contributed by atoms with Gasteiger partial charge in [-0.05, 0) is 50.7 Å². The number of thiazole rings is 1. The number of carboxylic acids is 1. The number of allylic oxidation sites excluding steroid dienone is 1. The van der Waals surface area contributed by atoms with Crippen LogP contribution in [0.15, 0.2) is 41.8 Å². The molecule has 4 aliphatic rings. The van der Waals surface area contributed by atoms with Crippen LogP contribution >= 0.6 is 11.3 Å². The molecule has 2 saturated carbocycles. The number of ether oxygens (including phenoxy) is 3. The first kappa shape index (κ1) is 34.2. The van der Waals surface area contributed by atoms with Crippen molar-refractivity contribution in [3.05, 3.63) is 41.8 Å². The largest absolute Gasteiger partial charge is 0.497 e. The molecule has 5 atom stereocenters. The van der Waals surface area contributed by atoms with Gasteiger partial charge in [0, 0.05) is 42.3 Å². The van der Waals surface area contributed by atoms with E-state index in [2.05, 4.69) is 15.6 Å². The number of benzene rings is 1. The lowest BCUT2D eigenvalue weighted by Gasteiger charge is -2.30. The predicted octanol–water partition coefficient (Wildman–Crippen LogP) is 5.56. The number of rotatable bonds is 8. The van der Waals surface area contributed by atoms with Gasteiger partial charge in [0.1, 0.15) is 41.0 Å². The van der Waals surface area contributed by atoms with Crippen molar-refractivity contribution in [3.63, 3.8) is 0 Å². The molecule has 3 N–H and O–H groups in total. The van der Waals surface area contributed by atoms with Gasteiger partial charge in [-0.25, -0.2) is 14.8 Å².